The molecule has 0 aliphatic rings. The predicted molar refractivity (Wildman–Crippen MR) is 34.8 cm³/mol. The fraction of sp³-hybridized carbons (Fsp3) is 0.333. The number of hydrogen-bond donors (Lipinski definition) is 0. The number of carbonyl (C=O) groups excluding carboxylic acids is 1. The van der Waals surface area contributed by atoms with Gasteiger partial charge in [-0.2, -0.15) is 13.2 Å². The van der Waals surface area contributed by atoms with Crippen molar-refractivity contribution in [1.29, 1.82) is 0 Å². The molecule has 4 nitrogen and oxygen atoms in total. The molecular weight excluding hydrogens is 187 g/mol. The molecule has 0 radical (unpaired) electrons. The Balaban J connectivity index is 2.71. The number of alkyl halides is 3. The first-order valence-electron chi connectivity index (χ1n) is 3.21. The van der Waals surface area contributed by atoms with Crippen molar-refractivity contribution in [2.24, 2.45) is 0 Å². The van der Waals surface area contributed by atoms with Crippen molar-refractivity contribution in [3.05, 3.63) is 18.5 Å². The van der Waals surface area contributed by atoms with Gasteiger partial charge in [-0.15, -0.1) is 0 Å². The molecule has 0 aromatic carbocycles. The summed E-state index contributed by atoms with van der Waals surface area (Å²) in [6, 6.07) is 0. The van der Waals surface area contributed by atoms with Crippen LogP contribution in [0.1, 0.15) is 17.0 Å². The Labute approximate surface area is 70.8 Å². The van der Waals surface area contributed by atoms with E-state index in [1.54, 1.807) is 0 Å². The summed E-state index contributed by atoms with van der Waals surface area (Å²) in [6.45, 7) is 0. The van der Waals surface area contributed by atoms with Gasteiger partial charge in [0, 0.05) is 0 Å². The number of halogens is 3. The Morgan fingerprint density at radius 3 is 2.31 bits per heavy atom. The van der Waals surface area contributed by atoms with Gasteiger partial charge in [0.25, 0.3) is 0 Å². The van der Waals surface area contributed by atoms with Crippen molar-refractivity contribution in [3.63, 3.8) is 0 Å². The number of rotatable bonds is 2. The second-order valence-electron chi connectivity index (χ2n) is 2.18. The van der Waals surface area contributed by atoms with Gasteiger partial charge >= 0.3 is 6.18 Å². The number of nitrogens with zero attached hydrogens (tertiary/aromatic N) is 3. The van der Waals surface area contributed by atoms with Crippen molar-refractivity contribution in [1.82, 2.24) is 15.0 Å². The Bertz CT molecular complexity index is 298. The van der Waals surface area contributed by atoms with Gasteiger partial charge in [-0.1, -0.05) is 0 Å². The maximum absolute atomic E-state index is 11.7. The van der Waals surface area contributed by atoms with Crippen LogP contribution in [-0.4, -0.2) is 26.9 Å². The van der Waals surface area contributed by atoms with Crippen LogP contribution in [0.5, 0.6) is 0 Å². The molecule has 0 bridgehead atoms. The minimum Gasteiger partial charge on any atom is -0.290 e. The summed E-state index contributed by atoms with van der Waals surface area (Å²) < 4.78 is 35.1. The van der Waals surface area contributed by atoms with Crippen LogP contribution in [0.4, 0.5) is 13.2 Å². The molecule has 0 unspecified atom stereocenters. The summed E-state index contributed by atoms with van der Waals surface area (Å²) >= 11 is 0. The molecule has 1 heterocycles. The molecule has 0 atom stereocenters. The summed E-state index contributed by atoms with van der Waals surface area (Å²) in [5.74, 6) is -1.62. The number of Topliss-reactive ketones (excluding diaryl/α,β-unsaturated/α-hetero) is 1. The second-order valence-corrected chi connectivity index (χ2v) is 2.18. The highest BCUT2D eigenvalue weighted by molar-refractivity contribution is 5.92. The van der Waals surface area contributed by atoms with E-state index >= 15 is 0 Å². The fourth-order valence-corrected chi connectivity index (χ4v) is 0.644. The fourth-order valence-electron chi connectivity index (χ4n) is 0.644. The zero-order valence-electron chi connectivity index (χ0n) is 6.25. The van der Waals surface area contributed by atoms with E-state index in [0.29, 0.717) is 0 Å². The molecule has 1 rings (SSSR count). The topological polar surface area (TPSA) is 55.7 Å². The third-order valence-corrected chi connectivity index (χ3v) is 1.10. The standard InChI is InChI=1S/C6H4F3N3O/c7-6(8,9)1-4(13)5-11-2-10-3-12-5/h2-3H,1H2. The van der Waals surface area contributed by atoms with Gasteiger partial charge in [0.05, 0.1) is 0 Å². The third kappa shape index (κ3) is 3.14. The third-order valence-electron chi connectivity index (χ3n) is 1.10. The van der Waals surface area contributed by atoms with Gasteiger partial charge < -0.3 is 0 Å². The maximum Gasteiger partial charge on any atom is 0.396 e. The summed E-state index contributed by atoms with van der Waals surface area (Å²) in [4.78, 5) is 20.7. The van der Waals surface area contributed by atoms with Crippen LogP contribution >= 0.6 is 0 Å². The molecule has 13 heavy (non-hydrogen) atoms. The predicted octanol–water partition coefficient (Wildman–Crippen LogP) is 1.01. The molecule has 0 N–H and O–H groups in total. The van der Waals surface area contributed by atoms with E-state index in [1.807, 2.05) is 0 Å². The Kier molecular flexibility index (Phi) is 2.54. The van der Waals surface area contributed by atoms with Crippen LogP contribution in [0, 0.1) is 0 Å². The molecule has 0 saturated carbocycles. The summed E-state index contributed by atoms with van der Waals surface area (Å²) in [5.41, 5.74) is 0. The molecule has 70 valence electrons. The first kappa shape index (κ1) is 9.56. The number of hydrogen-bond acceptors (Lipinski definition) is 4. The molecule has 0 spiro atoms. The zero-order chi connectivity index (χ0) is 9.90. The molecule has 7 heteroatoms. The van der Waals surface area contributed by atoms with E-state index < -0.39 is 24.2 Å². The van der Waals surface area contributed by atoms with Crippen molar-refractivity contribution in [2.75, 3.05) is 0 Å². The highest BCUT2D eigenvalue weighted by atomic mass is 19.4. The lowest BCUT2D eigenvalue weighted by Crippen LogP contribution is -2.17. The number of aromatic nitrogens is 3. The van der Waals surface area contributed by atoms with Gasteiger partial charge in [0.2, 0.25) is 5.78 Å². The lowest BCUT2D eigenvalue weighted by atomic mass is 10.2. The van der Waals surface area contributed by atoms with Crippen molar-refractivity contribution < 1.29 is 18.0 Å². The van der Waals surface area contributed by atoms with Gasteiger partial charge in [0.1, 0.15) is 19.1 Å². The SMILES string of the molecule is O=C(CC(F)(F)F)c1ncncn1. The van der Waals surface area contributed by atoms with Crippen LogP contribution in [0.3, 0.4) is 0 Å². The number of carbonyl (C=O) groups is 1. The highest BCUT2D eigenvalue weighted by Gasteiger charge is 2.32. The van der Waals surface area contributed by atoms with E-state index in [0.717, 1.165) is 12.7 Å². The summed E-state index contributed by atoms with van der Waals surface area (Å²) in [7, 11) is 0. The van der Waals surface area contributed by atoms with Crippen molar-refractivity contribution >= 4 is 5.78 Å². The lowest BCUT2D eigenvalue weighted by molar-refractivity contribution is -0.125. The van der Waals surface area contributed by atoms with Crippen LogP contribution in [0.2, 0.25) is 0 Å². The average Bonchev–Trinajstić information content (AvgIpc) is 2.03. The number of ketones is 1. The zero-order valence-corrected chi connectivity index (χ0v) is 6.25. The maximum atomic E-state index is 11.7. The molecule has 0 fully saturated rings. The monoisotopic (exact) mass is 191 g/mol. The minimum atomic E-state index is -4.52. The van der Waals surface area contributed by atoms with Crippen LogP contribution < -0.4 is 0 Å². The molecule has 0 saturated heterocycles. The van der Waals surface area contributed by atoms with Crippen molar-refractivity contribution in [2.45, 2.75) is 12.6 Å². The molecule has 1 aromatic rings. The van der Waals surface area contributed by atoms with Gasteiger partial charge in [0.15, 0.2) is 5.82 Å². The van der Waals surface area contributed by atoms with Crippen LogP contribution in [0.15, 0.2) is 12.7 Å². The van der Waals surface area contributed by atoms with E-state index in [9.17, 15) is 18.0 Å². The van der Waals surface area contributed by atoms with Gasteiger partial charge in [-0.3, -0.25) is 4.79 Å². The minimum absolute atomic E-state index is 0.465. The molecular formula is C6H4F3N3O. The molecule has 0 amide bonds. The van der Waals surface area contributed by atoms with Gasteiger partial charge in [-0.05, 0) is 0 Å². The van der Waals surface area contributed by atoms with E-state index in [-0.39, 0.29) is 0 Å². The van der Waals surface area contributed by atoms with E-state index in [1.165, 1.54) is 0 Å². The van der Waals surface area contributed by atoms with Crippen molar-refractivity contribution in [3.8, 4) is 0 Å². The first-order chi connectivity index (χ1) is 5.99. The molecule has 0 aliphatic heterocycles. The van der Waals surface area contributed by atoms with E-state index in [2.05, 4.69) is 15.0 Å². The first-order valence-corrected chi connectivity index (χ1v) is 3.21. The normalized spacial score (nSPS) is 11.3. The molecule has 0 aliphatic carbocycles. The summed E-state index contributed by atoms with van der Waals surface area (Å²) in [5, 5.41) is 0. The van der Waals surface area contributed by atoms with E-state index in [4.69, 9.17) is 0 Å². The van der Waals surface area contributed by atoms with Gasteiger partial charge in [-0.25, -0.2) is 15.0 Å². The lowest BCUT2D eigenvalue weighted by Gasteiger charge is -2.02. The Hall–Kier alpha value is -1.53. The largest absolute Gasteiger partial charge is 0.396 e. The van der Waals surface area contributed by atoms with Crippen LogP contribution in [0.25, 0.3) is 0 Å². The molecule has 1 aromatic heterocycles. The Morgan fingerprint density at radius 2 is 1.85 bits per heavy atom. The smallest absolute Gasteiger partial charge is 0.290 e. The second kappa shape index (κ2) is 3.46. The summed E-state index contributed by atoms with van der Waals surface area (Å²) in [6.07, 6.45) is -4.13. The highest BCUT2D eigenvalue weighted by Crippen LogP contribution is 2.20. The Morgan fingerprint density at radius 1 is 1.31 bits per heavy atom. The average molecular weight is 191 g/mol. The van der Waals surface area contributed by atoms with Crippen LogP contribution in [-0.2, 0) is 0 Å². The quantitative estimate of drug-likeness (QED) is 0.654.